The van der Waals surface area contributed by atoms with E-state index in [1.54, 1.807) is 12.4 Å². The molecule has 0 radical (unpaired) electrons. The summed E-state index contributed by atoms with van der Waals surface area (Å²) in [5, 5.41) is 9.97. The number of hydrogen-bond acceptors (Lipinski definition) is 3. The first-order valence-electron chi connectivity index (χ1n) is 9.54. The highest BCUT2D eigenvalue weighted by atomic mass is 16.3. The van der Waals surface area contributed by atoms with Gasteiger partial charge < -0.3 is 15.0 Å². The van der Waals surface area contributed by atoms with Crippen LogP contribution in [0.4, 0.5) is 0 Å². The summed E-state index contributed by atoms with van der Waals surface area (Å²) < 4.78 is 0. The monoisotopic (exact) mass is 361 g/mol. The summed E-state index contributed by atoms with van der Waals surface area (Å²) in [6.07, 6.45) is 3.39. The van der Waals surface area contributed by atoms with Crippen LogP contribution in [-0.4, -0.2) is 38.5 Å². The number of benzene rings is 2. The number of rotatable bonds is 1. The summed E-state index contributed by atoms with van der Waals surface area (Å²) >= 11 is 0. The highest BCUT2D eigenvalue weighted by Crippen LogP contribution is 2.49. The van der Waals surface area contributed by atoms with Gasteiger partial charge in [-0.2, -0.15) is 0 Å². The second-order valence-electron chi connectivity index (χ2n) is 8.20. The summed E-state index contributed by atoms with van der Waals surface area (Å²) in [6, 6.07) is 11.5. The molecule has 5 heteroatoms. The lowest BCUT2D eigenvalue weighted by Gasteiger charge is -2.54. The molecule has 27 heavy (non-hydrogen) atoms. The first-order chi connectivity index (χ1) is 13.0. The molecule has 5 rings (SSSR count). The van der Waals surface area contributed by atoms with Gasteiger partial charge in [-0.05, 0) is 65.6 Å². The van der Waals surface area contributed by atoms with Gasteiger partial charge in [0.1, 0.15) is 5.75 Å². The van der Waals surface area contributed by atoms with Gasteiger partial charge in [0.2, 0.25) is 0 Å². The van der Waals surface area contributed by atoms with Crippen molar-refractivity contribution in [3.8, 4) is 5.75 Å². The molecule has 1 saturated heterocycles. The second-order valence-corrected chi connectivity index (χ2v) is 8.20. The third-order valence-corrected chi connectivity index (χ3v) is 6.92. The number of phenols is 1. The van der Waals surface area contributed by atoms with Crippen molar-refractivity contribution in [3.05, 3.63) is 59.4 Å². The number of phenolic OH excluding ortho intramolecular Hbond substituents is 1. The van der Waals surface area contributed by atoms with E-state index in [9.17, 15) is 9.90 Å². The molecule has 1 amide bonds. The highest BCUT2D eigenvalue weighted by Gasteiger charge is 2.49. The zero-order valence-electron chi connectivity index (χ0n) is 15.6. The Kier molecular flexibility index (Phi) is 3.39. The van der Waals surface area contributed by atoms with Crippen LogP contribution in [0.1, 0.15) is 41.8 Å². The Balaban J connectivity index is 1.52. The van der Waals surface area contributed by atoms with Crippen LogP contribution in [0.2, 0.25) is 0 Å². The Labute approximate surface area is 158 Å². The van der Waals surface area contributed by atoms with Gasteiger partial charge in [-0.25, -0.2) is 4.98 Å². The Morgan fingerprint density at radius 3 is 3.00 bits per heavy atom. The zero-order valence-corrected chi connectivity index (χ0v) is 15.6. The maximum atomic E-state index is 13.3. The maximum Gasteiger partial charge on any atom is 0.254 e. The molecule has 0 saturated carbocycles. The van der Waals surface area contributed by atoms with Crippen molar-refractivity contribution in [2.45, 2.75) is 38.1 Å². The van der Waals surface area contributed by atoms with Crippen LogP contribution in [0.25, 0.3) is 11.0 Å². The third kappa shape index (κ3) is 2.30. The molecule has 0 unspecified atom stereocenters. The molecule has 0 spiro atoms. The first kappa shape index (κ1) is 16.4. The zero-order chi connectivity index (χ0) is 18.8. The maximum absolute atomic E-state index is 13.3. The van der Waals surface area contributed by atoms with E-state index >= 15 is 0 Å². The summed E-state index contributed by atoms with van der Waals surface area (Å²) in [5.41, 5.74) is 4.95. The van der Waals surface area contributed by atoms with Gasteiger partial charge in [-0.15, -0.1) is 0 Å². The molecule has 5 nitrogen and oxygen atoms in total. The van der Waals surface area contributed by atoms with E-state index < -0.39 is 0 Å². The van der Waals surface area contributed by atoms with Crippen molar-refractivity contribution >= 4 is 16.9 Å². The van der Waals surface area contributed by atoms with Gasteiger partial charge in [0.05, 0.1) is 17.4 Å². The van der Waals surface area contributed by atoms with Gasteiger partial charge in [-0.1, -0.05) is 19.9 Å². The number of H-pyrrole nitrogens is 1. The minimum Gasteiger partial charge on any atom is -0.508 e. The average molecular weight is 361 g/mol. The summed E-state index contributed by atoms with van der Waals surface area (Å²) in [7, 11) is 0. The third-order valence-electron chi connectivity index (χ3n) is 6.92. The SMILES string of the molecule is C[C@@H]1[C@@H]2Cc3ccc(O)cc3[C@@]1(C)CCN2C(=O)c1ccc2nc[nH]c2c1. The molecule has 3 aromatic rings. The van der Waals surface area contributed by atoms with Crippen LogP contribution < -0.4 is 0 Å². The summed E-state index contributed by atoms with van der Waals surface area (Å²) in [4.78, 5) is 22.7. The van der Waals surface area contributed by atoms with Crippen LogP contribution in [0.15, 0.2) is 42.7 Å². The minimum atomic E-state index is -0.0128. The quantitative estimate of drug-likeness (QED) is 0.695. The van der Waals surface area contributed by atoms with Gasteiger partial charge in [0, 0.05) is 18.2 Å². The predicted octanol–water partition coefficient (Wildman–Crippen LogP) is 3.63. The van der Waals surface area contributed by atoms with Gasteiger partial charge in [-0.3, -0.25) is 4.79 Å². The Hall–Kier alpha value is -2.82. The number of piperidine rings is 1. The van der Waals surface area contributed by atoms with E-state index in [-0.39, 0.29) is 17.4 Å². The first-order valence-corrected chi connectivity index (χ1v) is 9.54. The van der Waals surface area contributed by atoms with Crippen molar-refractivity contribution in [2.75, 3.05) is 6.54 Å². The topological polar surface area (TPSA) is 69.2 Å². The number of carbonyl (C=O) groups excluding carboxylic acids is 1. The molecule has 2 aromatic carbocycles. The molecule has 1 aliphatic heterocycles. The number of amides is 1. The average Bonchev–Trinajstić information content (AvgIpc) is 3.13. The van der Waals surface area contributed by atoms with Gasteiger partial charge >= 0.3 is 0 Å². The lowest BCUT2D eigenvalue weighted by molar-refractivity contribution is 0.0250. The second kappa shape index (κ2) is 5.59. The molecular weight excluding hydrogens is 338 g/mol. The number of aromatic amines is 1. The van der Waals surface area contributed by atoms with Gasteiger partial charge in [0.15, 0.2) is 0 Å². The normalized spacial score (nSPS) is 26.8. The number of fused-ring (bicyclic) bond motifs is 5. The number of likely N-dealkylation sites (tertiary alicyclic amines) is 1. The highest BCUT2D eigenvalue weighted by molar-refractivity contribution is 5.97. The lowest BCUT2D eigenvalue weighted by Crippen LogP contribution is -2.59. The summed E-state index contributed by atoms with van der Waals surface area (Å²) in [6.45, 7) is 5.26. The largest absolute Gasteiger partial charge is 0.508 e. The fourth-order valence-electron chi connectivity index (χ4n) is 5.09. The molecule has 2 N–H and O–H groups in total. The molecule has 1 aliphatic carbocycles. The van der Waals surface area contributed by atoms with E-state index in [4.69, 9.17) is 0 Å². The van der Waals surface area contributed by atoms with Crippen molar-refractivity contribution in [2.24, 2.45) is 5.92 Å². The number of hydrogen-bond donors (Lipinski definition) is 2. The fraction of sp³-hybridized carbons (Fsp3) is 0.364. The molecular formula is C22H23N3O2. The number of nitrogens with one attached hydrogen (secondary N) is 1. The van der Waals surface area contributed by atoms with Crippen LogP contribution >= 0.6 is 0 Å². The lowest BCUT2D eigenvalue weighted by atomic mass is 9.59. The number of nitrogens with zero attached hydrogens (tertiary/aromatic N) is 2. The van der Waals surface area contributed by atoms with Crippen LogP contribution in [0.3, 0.4) is 0 Å². The summed E-state index contributed by atoms with van der Waals surface area (Å²) in [5.74, 6) is 0.750. The van der Waals surface area contributed by atoms with Crippen molar-refractivity contribution in [1.29, 1.82) is 0 Å². The molecule has 2 heterocycles. The van der Waals surface area contributed by atoms with E-state index in [0.717, 1.165) is 30.4 Å². The Bertz CT molecular complexity index is 1060. The number of aromatic hydroxyl groups is 1. The molecule has 138 valence electrons. The molecule has 1 fully saturated rings. The van der Waals surface area contributed by atoms with E-state index in [2.05, 4.69) is 28.7 Å². The molecule has 3 atom stereocenters. The van der Waals surface area contributed by atoms with Crippen molar-refractivity contribution < 1.29 is 9.90 Å². The Morgan fingerprint density at radius 2 is 2.15 bits per heavy atom. The van der Waals surface area contributed by atoms with Crippen LogP contribution in [0.5, 0.6) is 5.75 Å². The van der Waals surface area contributed by atoms with Crippen molar-refractivity contribution in [1.82, 2.24) is 14.9 Å². The number of carbonyl (C=O) groups is 1. The number of imidazole rings is 1. The van der Waals surface area contributed by atoms with Crippen molar-refractivity contribution in [3.63, 3.8) is 0 Å². The van der Waals surface area contributed by atoms with Gasteiger partial charge in [0.25, 0.3) is 5.91 Å². The Morgan fingerprint density at radius 1 is 1.30 bits per heavy atom. The standard InChI is InChI=1S/C22H23N3O2/c1-13-20-10-14-3-5-16(26)11-17(14)22(13,2)7-8-25(20)21(27)15-4-6-18-19(9-15)24-12-23-18/h3-6,9,11-13,20,26H,7-8,10H2,1-2H3,(H,23,24)/t13-,20+,22+/m1/s1. The fourth-order valence-corrected chi connectivity index (χ4v) is 5.09. The molecule has 2 aliphatic rings. The number of aromatic nitrogens is 2. The van der Waals surface area contributed by atoms with Crippen LogP contribution in [-0.2, 0) is 11.8 Å². The van der Waals surface area contributed by atoms with Crippen LogP contribution in [0, 0.1) is 5.92 Å². The predicted molar refractivity (Wildman–Crippen MR) is 104 cm³/mol. The smallest absolute Gasteiger partial charge is 0.254 e. The minimum absolute atomic E-state index is 0.0128. The van der Waals surface area contributed by atoms with E-state index in [0.29, 0.717) is 17.2 Å². The van der Waals surface area contributed by atoms with E-state index in [1.165, 1.54) is 11.1 Å². The van der Waals surface area contributed by atoms with E-state index in [1.807, 2.05) is 30.3 Å². The molecule has 2 bridgehead atoms. The molecule has 1 aromatic heterocycles.